The Morgan fingerprint density at radius 3 is 2.13 bits per heavy atom. The fourth-order valence-corrected chi connectivity index (χ4v) is 1.17. The molecule has 0 fully saturated rings. The Morgan fingerprint density at radius 1 is 1.20 bits per heavy atom. The zero-order valence-electron chi connectivity index (χ0n) is 6.75. The summed E-state index contributed by atoms with van der Waals surface area (Å²) in [5, 5.41) is -1.10. The van der Waals surface area contributed by atoms with Crippen LogP contribution >= 0.6 is 23.2 Å². The highest BCUT2D eigenvalue weighted by Gasteiger charge is 2.37. The lowest BCUT2D eigenvalue weighted by atomic mass is 10.2. The van der Waals surface area contributed by atoms with Gasteiger partial charge in [0.1, 0.15) is 10.8 Å². The van der Waals surface area contributed by atoms with Crippen LogP contribution in [0.15, 0.2) is 6.07 Å². The Balaban J connectivity index is 3.42. The molecule has 0 saturated carbocycles. The number of alkyl halides is 5. The molecule has 0 N–H and O–H groups in total. The second-order valence-corrected chi connectivity index (χ2v) is 3.26. The predicted octanol–water partition coefficient (Wildman–Crippen LogP) is 4.34. The van der Waals surface area contributed by atoms with Gasteiger partial charge in [0.25, 0.3) is 6.43 Å². The van der Waals surface area contributed by atoms with E-state index in [-0.39, 0.29) is 0 Å². The molecule has 84 valence electrons. The fraction of sp³-hybridized carbons (Fsp3) is 0.286. The van der Waals surface area contributed by atoms with Crippen molar-refractivity contribution in [3.8, 4) is 0 Å². The lowest BCUT2D eigenvalue weighted by molar-refractivity contribution is -0.139. The fourth-order valence-electron chi connectivity index (χ4n) is 0.873. The van der Waals surface area contributed by atoms with E-state index >= 15 is 0 Å². The summed E-state index contributed by atoms with van der Waals surface area (Å²) in [5.74, 6) is 0. The van der Waals surface area contributed by atoms with Gasteiger partial charge in [0.05, 0.1) is 10.6 Å². The molecule has 0 aliphatic carbocycles. The Morgan fingerprint density at radius 2 is 1.73 bits per heavy atom. The summed E-state index contributed by atoms with van der Waals surface area (Å²) in [6.07, 6.45) is -8.30. The molecule has 0 unspecified atom stereocenters. The van der Waals surface area contributed by atoms with Gasteiger partial charge in [-0.2, -0.15) is 13.2 Å². The third-order valence-corrected chi connectivity index (χ3v) is 2.15. The van der Waals surface area contributed by atoms with Crippen LogP contribution in [0.25, 0.3) is 0 Å². The average molecular weight is 266 g/mol. The van der Waals surface area contributed by atoms with Gasteiger partial charge in [-0.05, 0) is 6.07 Å². The zero-order valence-corrected chi connectivity index (χ0v) is 8.26. The minimum Gasteiger partial charge on any atom is -0.233 e. The van der Waals surface area contributed by atoms with Crippen molar-refractivity contribution in [2.24, 2.45) is 0 Å². The standard InChI is InChI=1S/C7H2Cl2F5N/c8-3-1-2(7(12,13)14)4(6(10)11)15-5(3)9/h1,6H. The van der Waals surface area contributed by atoms with Crippen molar-refractivity contribution in [2.75, 3.05) is 0 Å². The zero-order chi connectivity index (χ0) is 11.8. The van der Waals surface area contributed by atoms with Gasteiger partial charge in [0.2, 0.25) is 0 Å². The molecule has 1 rings (SSSR count). The molecule has 0 atom stereocenters. The summed E-state index contributed by atoms with van der Waals surface area (Å²) in [7, 11) is 0. The number of pyridine rings is 1. The first kappa shape index (κ1) is 12.4. The smallest absolute Gasteiger partial charge is 0.233 e. The van der Waals surface area contributed by atoms with E-state index in [1.807, 2.05) is 0 Å². The molecule has 1 aromatic heterocycles. The van der Waals surface area contributed by atoms with Crippen molar-refractivity contribution >= 4 is 23.2 Å². The molecule has 0 amide bonds. The van der Waals surface area contributed by atoms with Gasteiger partial charge in [0.15, 0.2) is 0 Å². The van der Waals surface area contributed by atoms with E-state index in [1.54, 1.807) is 0 Å². The minimum atomic E-state index is -4.94. The lowest BCUT2D eigenvalue weighted by Gasteiger charge is -2.12. The van der Waals surface area contributed by atoms with Crippen molar-refractivity contribution < 1.29 is 22.0 Å². The maximum absolute atomic E-state index is 12.2. The normalized spacial score (nSPS) is 12.3. The van der Waals surface area contributed by atoms with E-state index < -0.39 is 34.0 Å². The highest BCUT2D eigenvalue weighted by Crippen LogP contribution is 2.38. The van der Waals surface area contributed by atoms with Crippen LogP contribution in [0.5, 0.6) is 0 Å². The summed E-state index contributed by atoms with van der Waals surface area (Å²) >= 11 is 10.5. The summed E-state index contributed by atoms with van der Waals surface area (Å²) in [5.41, 5.74) is -3.00. The number of hydrogen-bond acceptors (Lipinski definition) is 1. The quantitative estimate of drug-likeness (QED) is 0.544. The number of nitrogens with zero attached hydrogens (tertiary/aromatic N) is 1. The molecule has 0 radical (unpaired) electrons. The van der Waals surface area contributed by atoms with Crippen LogP contribution in [0.2, 0.25) is 10.2 Å². The molecule has 0 aliphatic rings. The first-order valence-corrected chi connectivity index (χ1v) is 4.20. The van der Waals surface area contributed by atoms with Crippen molar-refractivity contribution in [3.63, 3.8) is 0 Å². The van der Waals surface area contributed by atoms with E-state index in [1.165, 1.54) is 0 Å². The molecule has 1 aromatic rings. The van der Waals surface area contributed by atoms with Gasteiger partial charge in [-0.15, -0.1) is 0 Å². The molecular formula is C7H2Cl2F5N. The van der Waals surface area contributed by atoms with E-state index in [0.29, 0.717) is 6.07 Å². The summed E-state index contributed by atoms with van der Waals surface area (Å²) in [6.45, 7) is 0. The molecule has 0 saturated heterocycles. The van der Waals surface area contributed by atoms with Crippen LogP contribution in [-0.4, -0.2) is 4.98 Å². The molecule has 1 heterocycles. The van der Waals surface area contributed by atoms with Gasteiger partial charge < -0.3 is 0 Å². The summed E-state index contributed by atoms with van der Waals surface area (Å²) in [6, 6.07) is 0.332. The Hall–Kier alpha value is -0.620. The molecule has 0 bridgehead atoms. The van der Waals surface area contributed by atoms with Crippen molar-refractivity contribution in [2.45, 2.75) is 12.6 Å². The number of aromatic nitrogens is 1. The second kappa shape index (κ2) is 4.09. The Kier molecular flexibility index (Phi) is 3.40. The van der Waals surface area contributed by atoms with E-state index in [9.17, 15) is 22.0 Å². The predicted molar refractivity (Wildman–Crippen MR) is 44.2 cm³/mol. The molecule has 0 aromatic carbocycles. The van der Waals surface area contributed by atoms with E-state index in [2.05, 4.69) is 4.98 Å². The van der Waals surface area contributed by atoms with Crippen LogP contribution in [0.1, 0.15) is 17.7 Å². The van der Waals surface area contributed by atoms with Crippen LogP contribution in [0, 0.1) is 0 Å². The van der Waals surface area contributed by atoms with Crippen molar-refractivity contribution in [1.29, 1.82) is 0 Å². The Labute approximate surface area is 90.8 Å². The molecule has 8 heteroatoms. The first-order chi connectivity index (χ1) is 6.73. The SMILES string of the molecule is FC(F)c1nc(Cl)c(Cl)cc1C(F)(F)F. The van der Waals surface area contributed by atoms with Crippen LogP contribution in [0.3, 0.4) is 0 Å². The van der Waals surface area contributed by atoms with Crippen LogP contribution in [0.4, 0.5) is 22.0 Å². The molecule has 0 aliphatic heterocycles. The minimum absolute atomic E-state index is 0.332. The second-order valence-electron chi connectivity index (χ2n) is 2.49. The monoisotopic (exact) mass is 265 g/mol. The third-order valence-electron chi connectivity index (χ3n) is 1.47. The van der Waals surface area contributed by atoms with Crippen LogP contribution < -0.4 is 0 Å². The van der Waals surface area contributed by atoms with Gasteiger partial charge >= 0.3 is 6.18 Å². The van der Waals surface area contributed by atoms with Crippen molar-refractivity contribution in [1.82, 2.24) is 4.98 Å². The summed E-state index contributed by atoms with van der Waals surface area (Å²) < 4.78 is 61.1. The molecule has 1 nitrogen and oxygen atoms in total. The molecule has 0 spiro atoms. The van der Waals surface area contributed by atoms with E-state index in [0.717, 1.165) is 0 Å². The lowest BCUT2D eigenvalue weighted by Crippen LogP contribution is -2.11. The van der Waals surface area contributed by atoms with Gasteiger partial charge in [-0.1, -0.05) is 23.2 Å². The third kappa shape index (κ3) is 2.69. The number of rotatable bonds is 1. The maximum atomic E-state index is 12.2. The number of hydrogen-bond donors (Lipinski definition) is 0. The Bertz CT molecular complexity index is 376. The first-order valence-electron chi connectivity index (χ1n) is 3.44. The van der Waals surface area contributed by atoms with Gasteiger partial charge in [-0.25, -0.2) is 13.8 Å². The summed E-state index contributed by atoms with van der Waals surface area (Å²) in [4.78, 5) is 2.90. The number of halogens is 7. The van der Waals surface area contributed by atoms with E-state index in [4.69, 9.17) is 23.2 Å². The van der Waals surface area contributed by atoms with Crippen molar-refractivity contribution in [3.05, 3.63) is 27.5 Å². The topological polar surface area (TPSA) is 12.9 Å². The average Bonchev–Trinajstić information content (AvgIpc) is 2.06. The maximum Gasteiger partial charge on any atom is 0.418 e. The van der Waals surface area contributed by atoms with Gasteiger partial charge in [0, 0.05) is 0 Å². The highest BCUT2D eigenvalue weighted by molar-refractivity contribution is 6.41. The van der Waals surface area contributed by atoms with Gasteiger partial charge in [-0.3, -0.25) is 0 Å². The van der Waals surface area contributed by atoms with Crippen LogP contribution in [-0.2, 0) is 6.18 Å². The molecule has 15 heavy (non-hydrogen) atoms. The largest absolute Gasteiger partial charge is 0.418 e. The molecular weight excluding hydrogens is 264 g/mol. The highest BCUT2D eigenvalue weighted by atomic mass is 35.5.